The summed E-state index contributed by atoms with van der Waals surface area (Å²) in [5.41, 5.74) is 2.15. The van der Waals surface area contributed by atoms with Gasteiger partial charge >= 0.3 is 8.56 Å². The number of hydrogen-bond donors (Lipinski definition) is 0. The molecule has 13 heavy (non-hydrogen) atoms. The van der Waals surface area contributed by atoms with E-state index in [4.69, 9.17) is 20.5 Å². The highest BCUT2D eigenvalue weighted by Gasteiger charge is 2.35. The first-order valence-corrected chi connectivity index (χ1v) is 7.14. The predicted molar refractivity (Wildman–Crippen MR) is 59.1 cm³/mol. The van der Waals surface area contributed by atoms with Gasteiger partial charge in [0.2, 0.25) is 0 Å². The number of rotatable bonds is 6. The second-order valence-corrected chi connectivity index (χ2v) is 7.06. The molecule has 0 aliphatic carbocycles. The molecule has 0 spiro atoms. The summed E-state index contributed by atoms with van der Waals surface area (Å²) in [6, 6.07) is 0. The molecule has 78 valence electrons. The minimum atomic E-state index is -2.34. The van der Waals surface area contributed by atoms with Crippen molar-refractivity contribution in [3.8, 4) is 0 Å². The SMILES string of the molecule is C=C[Si](CCl)(OC(C)C)OC(C)C. The van der Waals surface area contributed by atoms with Crippen LogP contribution in [-0.2, 0) is 8.85 Å². The van der Waals surface area contributed by atoms with Crippen molar-refractivity contribution in [2.45, 2.75) is 39.9 Å². The fourth-order valence-electron chi connectivity index (χ4n) is 1.04. The van der Waals surface area contributed by atoms with Gasteiger partial charge in [0, 0.05) is 12.2 Å². The van der Waals surface area contributed by atoms with Gasteiger partial charge in [0.25, 0.3) is 0 Å². The smallest absolute Gasteiger partial charge is 0.380 e. The lowest BCUT2D eigenvalue weighted by atomic mass is 10.5. The van der Waals surface area contributed by atoms with Crippen LogP contribution in [0.15, 0.2) is 12.3 Å². The molecule has 0 aromatic carbocycles. The third-order valence-electron chi connectivity index (χ3n) is 1.37. The molecular weight excluding hydrogens is 204 g/mol. The van der Waals surface area contributed by atoms with Gasteiger partial charge in [0.15, 0.2) is 0 Å². The zero-order valence-corrected chi connectivity index (χ0v) is 10.6. The average molecular weight is 223 g/mol. The predicted octanol–water partition coefficient (Wildman–Crippen LogP) is 2.78. The highest BCUT2D eigenvalue weighted by molar-refractivity contribution is 6.78. The minimum absolute atomic E-state index is 0.127. The molecule has 0 aliphatic rings. The molecule has 0 aliphatic heterocycles. The third kappa shape index (κ3) is 4.81. The molecule has 0 fully saturated rings. The maximum absolute atomic E-state index is 5.85. The van der Waals surface area contributed by atoms with Crippen LogP contribution in [0.4, 0.5) is 0 Å². The summed E-state index contributed by atoms with van der Waals surface area (Å²) in [5.74, 6) is 0. The van der Waals surface area contributed by atoms with Crippen LogP contribution in [0.25, 0.3) is 0 Å². The second-order valence-electron chi connectivity index (χ2n) is 3.48. The van der Waals surface area contributed by atoms with E-state index in [1.165, 1.54) is 0 Å². The van der Waals surface area contributed by atoms with E-state index in [0.717, 1.165) is 0 Å². The summed E-state index contributed by atoms with van der Waals surface area (Å²) in [6.07, 6.45) is 0.254. The summed E-state index contributed by atoms with van der Waals surface area (Å²) in [5, 5.41) is 0. The van der Waals surface area contributed by atoms with Crippen LogP contribution in [0.2, 0.25) is 0 Å². The molecular formula is C9H19ClO2Si. The summed E-state index contributed by atoms with van der Waals surface area (Å²) in [4.78, 5) is 0. The van der Waals surface area contributed by atoms with Crippen LogP contribution in [0, 0.1) is 0 Å². The molecule has 0 atom stereocenters. The highest BCUT2D eigenvalue weighted by atomic mass is 35.5. The highest BCUT2D eigenvalue weighted by Crippen LogP contribution is 2.15. The minimum Gasteiger partial charge on any atom is -0.388 e. The van der Waals surface area contributed by atoms with Crippen molar-refractivity contribution in [2.75, 3.05) is 5.50 Å². The molecule has 0 radical (unpaired) electrons. The summed E-state index contributed by atoms with van der Waals surface area (Å²) in [6.45, 7) is 11.6. The average Bonchev–Trinajstić information content (AvgIpc) is 2.01. The lowest BCUT2D eigenvalue weighted by Crippen LogP contribution is -2.46. The van der Waals surface area contributed by atoms with Crippen molar-refractivity contribution < 1.29 is 8.85 Å². The molecule has 0 amide bonds. The Balaban J connectivity index is 4.39. The Morgan fingerprint density at radius 2 is 1.62 bits per heavy atom. The Bertz CT molecular complexity index is 150. The number of alkyl halides is 1. The molecule has 2 nitrogen and oxygen atoms in total. The first-order chi connectivity index (χ1) is 5.95. The van der Waals surface area contributed by atoms with Gasteiger partial charge in [-0.3, -0.25) is 0 Å². The summed E-state index contributed by atoms with van der Waals surface area (Å²) in [7, 11) is -2.34. The van der Waals surface area contributed by atoms with Crippen molar-refractivity contribution >= 4 is 20.2 Å². The molecule has 0 heterocycles. The van der Waals surface area contributed by atoms with Crippen LogP contribution < -0.4 is 0 Å². The lowest BCUT2D eigenvalue weighted by Gasteiger charge is -2.29. The van der Waals surface area contributed by atoms with Crippen LogP contribution in [0.5, 0.6) is 0 Å². The second kappa shape index (κ2) is 5.80. The van der Waals surface area contributed by atoms with Crippen LogP contribution >= 0.6 is 11.6 Å². The molecule has 0 saturated heterocycles. The number of halogens is 1. The van der Waals surface area contributed by atoms with Gasteiger partial charge in [0.1, 0.15) is 0 Å². The van der Waals surface area contributed by atoms with Gasteiger partial charge in [-0.2, -0.15) is 0 Å². The van der Waals surface area contributed by atoms with Crippen molar-refractivity contribution in [1.29, 1.82) is 0 Å². The molecule has 0 aromatic heterocycles. The molecule has 0 rings (SSSR count). The van der Waals surface area contributed by atoms with Gasteiger partial charge in [0.05, 0.1) is 5.50 Å². The van der Waals surface area contributed by atoms with Gasteiger partial charge in [-0.25, -0.2) is 0 Å². The third-order valence-corrected chi connectivity index (χ3v) is 5.22. The Morgan fingerprint density at radius 3 is 1.77 bits per heavy atom. The van der Waals surface area contributed by atoms with E-state index in [1.807, 2.05) is 27.7 Å². The van der Waals surface area contributed by atoms with Gasteiger partial charge in [-0.15, -0.1) is 18.2 Å². The van der Waals surface area contributed by atoms with Crippen molar-refractivity contribution in [3.63, 3.8) is 0 Å². The van der Waals surface area contributed by atoms with E-state index >= 15 is 0 Å². The van der Waals surface area contributed by atoms with Crippen LogP contribution in [0.1, 0.15) is 27.7 Å². The first kappa shape index (κ1) is 13.2. The number of hydrogen-bond acceptors (Lipinski definition) is 2. The zero-order valence-electron chi connectivity index (χ0n) is 8.84. The maximum Gasteiger partial charge on any atom is 0.380 e. The summed E-state index contributed by atoms with van der Waals surface area (Å²) >= 11 is 5.85. The Kier molecular flexibility index (Phi) is 5.88. The normalized spacial score (nSPS) is 12.5. The Morgan fingerprint density at radius 1 is 1.23 bits per heavy atom. The fourth-order valence-corrected chi connectivity index (χ4v) is 3.82. The maximum atomic E-state index is 5.85. The van der Waals surface area contributed by atoms with Gasteiger partial charge < -0.3 is 8.85 Å². The fraction of sp³-hybridized carbons (Fsp3) is 0.778. The van der Waals surface area contributed by atoms with E-state index in [1.54, 1.807) is 5.70 Å². The van der Waals surface area contributed by atoms with Crippen LogP contribution in [-0.4, -0.2) is 26.3 Å². The van der Waals surface area contributed by atoms with E-state index in [0.29, 0.717) is 5.50 Å². The molecule has 0 aromatic rings. The Hall–Kier alpha value is 0.167. The molecule has 0 bridgehead atoms. The monoisotopic (exact) mass is 222 g/mol. The molecule has 0 saturated carbocycles. The van der Waals surface area contributed by atoms with Crippen LogP contribution in [0.3, 0.4) is 0 Å². The van der Waals surface area contributed by atoms with E-state index in [9.17, 15) is 0 Å². The van der Waals surface area contributed by atoms with Gasteiger partial charge in [-0.05, 0) is 33.4 Å². The van der Waals surface area contributed by atoms with Crippen molar-refractivity contribution in [1.82, 2.24) is 0 Å². The van der Waals surface area contributed by atoms with E-state index in [-0.39, 0.29) is 12.2 Å². The van der Waals surface area contributed by atoms with Gasteiger partial charge in [-0.1, -0.05) is 0 Å². The van der Waals surface area contributed by atoms with Crippen molar-refractivity contribution in [3.05, 3.63) is 12.3 Å². The Labute approximate surface area is 87.1 Å². The molecule has 4 heteroatoms. The summed E-state index contributed by atoms with van der Waals surface area (Å²) < 4.78 is 11.4. The standard InChI is InChI=1S/C9H19ClO2Si/c1-6-13(7-10,11-8(2)3)12-9(4)5/h6,8-9H,1,7H2,2-5H3. The van der Waals surface area contributed by atoms with E-state index in [2.05, 4.69) is 6.58 Å². The topological polar surface area (TPSA) is 18.5 Å². The first-order valence-electron chi connectivity index (χ1n) is 4.51. The lowest BCUT2D eigenvalue weighted by molar-refractivity contribution is 0.118. The van der Waals surface area contributed by atoms with E-state index < -0.39 is 8.56 Å². The largest absolute Gasteiger partial charge is 0.388 e. The quantitative estimate of drug-likeness (QED) is 0.508. The molecule has 0 unspecified atom stereocenters. The zero-order chi connectivity index (χ0) is 10.5. The van der Waals surface area contributed by atoms with Crippen molar-refractivity contribution in [2.24, 2.45) is 0 Å². The molecule has 0 N–H and O–H groups in total.